The van der Waals surface area contributed by atoms with Gasteiger partial charge >= 0.3 is 0 Å². The van der Waals surface area contributed by atoms with Crippen LogP contribution in [0.1, 0.15) is 6.92 Å². The Labute approximate surface area is 85.5 Å². The predicted octanol–water partition coefficient (Wildman–Crippen LogP) is 2.91. The zero-order chi connectivity index (χ0) is 10.8. The third kappa shape index (κ3) is 1.75. The van der Waals surface area contributed by atoms with E-state index in [0.717, 1.165) is 12.1 Å². The van der Waals surface area contributed by atoms with Crippen LogP contribution in [-0.2, 0) is 0 Å². The first-order chi connectivity index (χ1) is 7.22. The molecular weight excluding hydrogens is 200 g/mol. The van der Waals surface area contributed by atoms with Gasteiger partial charge in [0.1, 0.15) is 5.75 Å². The number of nitrogens with zero attached hydrogens (tertiary/aromatic N) is 1. The molecule has 2 nitrogen and oxygen atoms in total. The first kappa shape index (κ1) is 9.83. The molecule has 15 heavy (non-hydrogen) atoms. The Morgan fingerprint density at radius 1 is 1.27 bits per heavy atom. The van der Waals surface area contributed by atoms with E-state index in [1.807, 2.05) is 6.92 Å². The fourth-order valence-corrected chi connectivity index (χ4v) is 1.40. The van der Waals surface area contributed by atoms with Gasteiger partial charge in [0.15, 0.2) is 11.6 Å². The van der Waals surface area contributed by atoms with Crippen LogP contribution >= 0.6 is 0 Å². The summed E-state index contributed by atoms with van der Waals surface area (Å²) in [4.78, 5) is 3.94. The number of halogens is 2. The van der Waals surface area contributed by atoms with Gasteiger partial charge in [-0.25, -0.2) is 8.78 Å². The average Bonchev–Trinajstić information content (AvgIpc) is 2.21. The van der Waals surface area contributed by atoms with Gasteiger partial charge in [0, 0.05) is 17.6 Å². The van der Waals surface area contributed by atoms with Gasteiger partial charge in [-0.05, 0) is 19.1 Å². The summed E-state index contributed by atoms with van der Waals surface area (Å²) in [5.74, 6) is -1.28. The number of hydrogen-bond donors (Lipinski definition) is 0. The molecule has 0 unspecified atom stereocenters. The average molecular weight is 209 g/mol. The largest absolute Gasteiger partial charge is 0.493 e. The van der Waals surface area contributed by atoms with Gasteiger partial charge in [0.05, 0.1) is 12.1 Å². The minimum Gasteiger partial charge on any atom is -0.493 e. The fourth-order valence-electron chi connectivity index (χ4n) is 1.40. The Kier molecular flexibility index (Phi) is 2.49. The van der Waals surface area contributed by atoms with Crippen LogP contribution in [0.4, 0.5) is 8.78 Å². The van der Waals surface area contributed by atoms with Crippen LogP contribution in [0.5, 0.6) is 5.75 Å². The summed E-state index contributed by atoms with van der Waals surface area (Å²) in [6.07, 6.45) is 1.50. The molecule has 0 fully saturated rings. The van der Waals surface area contributed by atoms with Crippen LogP contribution in [0.15, 0.2) is 24.4 Å². The number of rotatable bonds is 2. The fraction of sp³-hybridized carbons (Fsp3) is 0.182. The van der Waals surface area contributed by atoms with Gasteiger partial charge in [-0.2, -0.15) is 0 Å². The van der Waals surface area contributed by atoms with Gasteiger partial charge in [-0.15, -0.1) is 0 Å². The maximum absolute atomic E-state index is 13.0. The summed E-state index contributed by atoms with van der Waals surface area (Å²) in [5.41, 5.74) is 0.389. The van der Waals surface area contributed by atoms with Crippen molar-refractivity contribution in [3.8, 4) is 5.75 Å². The van der Waals surface area contributed by atoms with Crippen molar-refractivity contribution in [2.75, 3.05) is 6.61 Å². The standard InChI is InChI=1S/C11H9F2NO/c1-2-15-11-3-4-14-10-6-9(13)8(12)5-7(10)11/h3-6H,2H2,1H3. The Morgan fingerprint density at radius 2 is 2.00 bits per heavy atom. The molecule has 78 valence electrons. The number of pyridine rings is 1. The van der Waals surface area contributed by atoms with Gasteiger partial charge < -0.3 is 4.74 Å². The normalized spacial score (nSPS) is 10.6. The number of ether oxygens (including phenoxy) is 1. The summed E-state index contributed by atoms with van der Waals surface area (Å²) in [5, 5.41) is 0.484. The van der Waals surface area contributed by atoms with Crippen LogP contribution < -0.4 is 4.74 Å². The van der Waals surface area contributed by atoms with E-state index in [4.69, 9.17) is 4.74 Å². The molecule has 0 saturated carbocycles. The highest BCUT2D eigenvalue weighted by Crippen LogP contribution is 2.25. The molecule has 0 amide bonds. The molecule has 2 aromatic rings. The molecule has 0 radical (unpaired) electrons. The lowest BCUT2D eigenvalue weighted by atomic mass is 10.2. The lowest BCUT2D eigenvalue weighted by molar-refractivity contribution is 0.344. The van der Waals surface area contributed by atoms with Crippen molar-refractivity contribution in [2.24, 2.45) is 0 Å². The topological polar surface area (TPSA) is 22.1 Å². The highest BCUT2D eigenvalue weighted by Gasteiger charge is 2.08. The summed E-state index contributed by atoms with van der Waals surface area (Å²) in [6, 6.07) is 3.79. The van der Waals surface area contributed by atoms with Crippen molar-refractivity contribution >= 4 is 10.9 Å². The third-order valence-corrected chi connectivity index (χ3v) is 2.04. The summed E-state index contributed by atoms with van der Waals surface area (Å²) >= 11 is 0. The van der Waals surface area contributed by atoms with E-state index in [1.165, 1.54) is 6.20 Å². The number of aromatic nitrogens is 1. The Bertz CT molecular complexity index is 499. The van der Waals surface area contributed by atoms with E-state index in [1.54, 1.807) is 6.07 Å². The molecule has 1 aromatic carbocycles. The van der Waals surface area contributed by atoms with Gasteiger partial charge in [0.2, 0.25) is 0 Å². The van der Waals surface area contributed by atoms with E-state index in [0.29, 0.717) is 23.3 Å². The maximum Gasteiger partial charge on any atom is 0.161 e. The smallest absolute Gasteiger partial charge is 0.161 e. The number of fused-ring (bicyclic) bond motifs is 1. The zero-order valence-electron chi connectivity index (χ0n) is 8.13. The molecule has 0 spiro atoms. The van der Waals surface area contributed by atoms with Gasteiger partial charge in [-0.3, -0.25) is 4.98 Å². The predicted molar refractivity (Wildman–Crippen MR) is 52.8 cm³/mol. The maximum atomic E-state index is 13.0. The van der Waals surface area contributed by atoms with Crippen molar-refractivity contribution in [2.45, 2.75) is 6.92 Å². The van der Waals surface area contributed by atoms with Crippen LogP contribution in [0.3, 0.4) is 0 Å². The number of benzene rings is 1. The van der Waals surface area contributed by atoms with Crippen molar-refractivity contribution in [1.82, 2.24) is 4.98 Å². The monoisotopic (exact) mass is 209 g/mol. The zero-order valence-corrected chi connectivity index (χ0v) is 8.13. The number of hydrogen-bond acceptors (Lipinski definition) is 2. The van der Waals surface area contributed by atoms with Crippen LogP contribution in [0.2, 0.25) is 0 Å². The summed E-state index contributed by atoms with van der Waals surface area (Å²) in [7, 11) is 0. The molecule has 0 atom stereocenters. The molecule has 1 heterocycles. The van der Waals surface area contributed by atoms with Crippen molar-refractivity contribution < 1.29 is 13.5 Å². The van der Waals surface area contributed by atoms with Crippen LogP contribution in [-0.4, -0.2) is 11.6 Å². The second-order valence-corrected chi connectivity index (χ2v) is 3.03. The molecule has 1 aromatic heterocycles. The van der Waals surface area contributed by atoms with Gasteiger partial charge in [0.25, 0.3) is 0 Å². The van der Waals surface area contributed by atoms with Crippen molar-refractivity contribution in [1.29, 1.82) is 0 Å². The molecule has 0 bridgehead atoms. The molecule has 0 aliphatic carbocycles. The van der Waals surface area contributed by atoms with E-state index >= 15 is 0 Å². The van der Waals surface area contributed by atoms with E-state index in [2.05, 4.69) is 4.98 Å². The molecule has 0 aliphatic heterocycles. The highest BCUT2D eigenvalue weighted by atomic mass is 19.2. The first-order valence-corrected chi connectivity index (χ1v) is 4.59. The Balaban J connectivity index is 2.68. The second-order valence-electron chi connectivity index (χ2n) is 3.03. The lowest BCUT2D eigenvalue weighted by Crippen LogP contribution is -1.94. The molecule has 4 heteroatoms. The molecule has 2 rings (SSSR count). The summed E-state index contributed by atoms with van der Waals surface area (Å²) < 4.78 is 31.2. The molecule has 0 N–H and O–H groups in total. The first-order valence-electron chi connectivity index (χ1n) is 4.59. The van der Waals surface area contributed by atoms with Gasteiger partial charge in [-0.1, -0.05) is 0 Å². The van der Waals surface area contributed by atoms with E-state index in [-0.39, 0.29) is 0 Å². The lowest BCUT2D eigenvalue weighted by Gasteiger charge is -2.06. The molecular formula is C11H9F2NO. The minimum absolute atomic E-state index is 0.389. The highest BCUT2D eigenvalue weighted by molar-refractivity contribution is 5.84. The van der Waals surface area contributed by atoms with Crippen LogP contribution in [0.25, 0.3) is 10.9 Å². The quantitative estimate of drug-likeness (QED) is 0.758. The molecule has 0 saturated heterocycles. The Morgan fingerprint density at radius 3 is 2.73 bits per heavy atom. The van der Waals surface area contributed by atoms with E-state index < -0.39 is 11.6 Å². The van der Waals surface area contributed by atoms with Crippen molar-refractivity contribution in [3.63, 3.8) is 0 Å². The SMILES string of the molecule is CCOc1ccnc2cc(F)c(F)cc12. The summed E-state index contributed by atoms with van der Waals surface area (Å²) in [6.45, 7) is 2.30. The van der Waals surface area contributed by atoms with Crippen molar-refractivity contribution in [3.05, 3.63) is 36.0 Å². The minimum atomic E-state index is -0.899. The van der Waals surface area contributed by atoms with Crippen LogP contribution in [0, 0.1) is 11.6 Å². The third-order valence-electron chi connectivity index (χ3n) is 2.04. The molecule has 0 aliphatic rings. The second kappa shape index (κ2) is 3.81. The Hall–Kier alpha value is -1.71. The van der Waals surface area contributed by atoms with E-state index in [9.17, 15) is 8.78 Å².